The Bertz CT molecular complexity index is 891. The maximum atomic E-state index is 12.4. The molecular weight excluding hydrogens is 340 g/mol. The molecule has 2 amide bonds. The summed E-state index contributed by atoms with van der Waals surface area (Å²) in [6.07, 6.45) is 1.54. The van der Waals surface area contributed by atoms with E-state index in [9.17, 15) is 9.59 Å². The number of amides is 2. The molecule has 0 bridgehead atoms. The van der Waals surface area contributed by atoms with Crippen LogP contribution < -0.4 is 10.6 Å². The van der Waals surface area contributed by atoms with E-state index in [1.807, 2.05) is 0 Å². The summed E-state index contributed by atoms with van der Waals surface area (Å²) in [5.74, 6) is 0.0264. The smallest absolute Gasteiger partial charge is 0.255 e. The first-order valence-electron chi connectivity index (χ1n) is 7.60. The minimum atomic E-state index is -0.339. The van der Waals surface area contributed by atoms with Crippen LogP contribution in [0.15, 0.2) is 71.3 Å². The van der Waals surface area contributed by atoms with Gasteiger partial charge in [-0.3, -0.25) is 9.59 Å². The molecule has 3 aromatic rings. The van der Waals surface area contributed by atoms with E-state index in [0.717, 1.165) is 0 Å². The molecule has 1 heterocycles. The minimum Gasteiger partial charge on any atom is -0.467 e. The largest absolute Gasteiger partial charge is 0.467 e. The van der Waals surface area contributed by atoms with E-state index < -0.39 is 0 Å². The fourth-order valence-corrected chi connectivity index (χ4v) is 2.42. The SMILES string of the molecule is O=C(NCc1ccco1)c1cccc(C(=O)Nc2ccccc2Cl)c1. The molecule has 0 unspecified atom stereocenters. The lowest BCUT2D eigenvalue weighted by Crippen LogP contribution is -2.23. The van der Waals surface area contributed by atoms with Crippen LogP contribution in [0, 0.1) is 0 Å². The van der Waals surface area contributed by atoms with Crippen molar-refractivity contribution in [2.75, 3.05) is 5.32 Å². The Hall–Kier alpha value is -3.05. The van der Waals surface area contributed by atoms with Crippen LogP contribution in [0.4, 0.5) is 5.69 Å². The van der Waals surface area contributed by atoms with Crippen molar-refractivity contribution in [2.24, 2.45) is 0 Å². The van der Waals surface area contributed by atoms with Crippen molar-refractivity contribution in [1.29, 1.82) is 0 Å². The van der Waals surface area contributed by atoms with Gasteiger partial charge in [-0.05, 0) is 42.5 Å². The lowest BCUT2D eigenvalue weighted by molar-refractivity contribution is 0.0948. The van der Waals surface area contributed by atoms with Gasteiger partial charge in [0.1, 0.15) is 5.76 Å². The second-order valence-electron chi connectivity index (χ2n) is 5.28. The van der Waals surface area contributed by atoms with Crippen LogP contribution in [-0.4, -0.2) is 11.8 Å². The van der Waals surface area contributed by atoms with Gasteiger partial charge in [-0.1, -0.05) is 29.8 Å². The van der Waals surface area contributed by atoms with Gasteiger partial charge in [-0.2, -0.15) is 0 Å². The number of para-hydroxylation sites is 1. The molecule has 0 aliphatic carbocycles. The monoisotopic (exact) mass is 354 g/mol. The van der Waals surface area contributed by atoms with Crippen LogP contribution in [0.3, 0.4) is 0 Å². The Morgan fingerprint density at radius 1 is 0.920 bits per heavy atom. The molecule has 0 aliphatic rings. The maximum Gasteiger partial charge on any atom is 0.255 e. The first-order chi connectivity index (χ1) is 12.1. The summed E-state index contributed by atoms with van der Waals surface area (Å²) in [4.78, 5) is 24.6. The van der Waals surface area contributed by atoms with Crippen molar-refractivity contribution in [3.8, 4) is 0 Å². The van der Waals surface area contributed by atoms with Gasteiger partial charge < -0.3 is 15.1 Å². The minimum absolute atomic E-state index is 0.280. The van der Waals surface area contributed by atoms with Gasteiger partial charge in [0.15, 0.2) is 0 Å². The summed E-state index contributed by atoms with van der Waals surface area (Å²) in [6, 6.07) is 16.9. The fourth-order valence-electron chi connectivity index (χ4n) is 2.24. The van der Waals surface area contributed by atoms with E-state index >= 15 is 0 Å². The highest BCUT2D eigenvalue weighted by Crippen LogP contribution is 2.21. The Morgan fingerprint density at radius 2 is 1.68 bits per heavy atom. The number of nitrogens with one attached hydrogen (secondary N) is 2. The molecule has 126 valence electrons. The summed E-state index contributed by atoms with van der Waals surface area (Å²) in [6.45, 7) is 0.280. The molecule has 0 saturated carbocycles. The average Bonchev–Trinajstić information content (AvgIpc) is 3.15. The van der Waals surface area contributed by atoms with Crippen LogP contribution in [-0.2, 0) is 6.54 Å². The Kier molecular flexibility index (Phi) is 5.16. The summed E-state index contributed by atoms with van der Waals surface area (Å²) in [7, 11) is 0. The molecule has 0 atom stereocenters. The van der Waals surface area contributed by atoms with Gasteiger partial charge in [0.2, 0.25) is 0 Å². The molecule has 0 saturated heterocycles. The zero-order chi connectivity index (χ0) is 17.6. The van der Waals surface area contributed by atoms with Gasteiger partial charge in [0.25, 0.3) is 11.8 Å². The Morgan fingerprint density at radius 3 is 2.40 bits per heavy atom. The number of benzene rings is 2. The van der Waals surface area contributed by atoms with Crippen molar-refractivity contribution < 1.29 is 14.0 Å². The third-order valence-corrected chi connectivity index (χ3v) is 3.84. The number of halogens is 1. The molecule has 0 fully saturated rings. The van der Waals surface area contributed by atoms with Gasteiger partial charge in [-0.25, -0.2) is 0 Å². The van der Waals surface area contributed by atoms with Crippen molar-refractivity contribution >= 4 is 29.1 Å². The Balaban J connectivity index is 1.69. The lowest BCUT2D eigenvalue weighted by Gasteiger charge is -2.08. The summed E-state index contributed by atoms with van der Waals surface area (Å²) in [5, 5.41) is 5.92. The number of anilines is 1. The number of rotatable bonds is 5. The zero-order valence-corrected chi connectivity index (χ0v) is 13.9. The van der Waals surface area contributed by atoms with Crippen LogP contribution in [0.5, 0.6) is 0 Å². The normalized spacial score (nSPS) is 10.3. The molecule has 5 nitrogen and oxygen atoms in total. The van der Waals surface area contributed by atoms with Crippen LogP contribution in [0.2, 0.25) is 5.02 Å². The van der Waals surface area contributed by atoms with Gasteiger partial charge in [0, 0.05) is 11.1 Å². The van der Waals surface area contributed by atoms with Gasteiger partial charge in [-0.15, -0.1) is 0 Å². The first-order valence-corrected chi connectivity index (χ1v) is 7.98. The molecule has 0 aliphatic heterocycles. The maximum absolute atomic E-state index is 12.4. The van der Waals surface area contributed by atoms with Crippen LogP contribution in [0.1, 0.15) is 26.5 Å². The van der Waals surface area contributed by atoms with E-state index in [-0.39, 0.29) is 18.4 Å². The third kappa shape index (κ3) is 4.28. The lowest BCUT2D eigenvalue weighted by atomic mass is 10.1. The highest BCUT2D eigenvalue weighted by Gasteiger charge is 2.12. The summed E-state index contributed by atoms with van der Waals surface area (Å²) in [5.41, 5.74) is 1.27. The standard InChI is InChI=1S/C19H15ClN2O3/c20-16-8-1-2-9-17(16)22-19(24)14-6-3-5-13(11-14)18(23)21-12-15-7-4-10-25-15/h1-11H,12H2,(H,21,23)(H,22,24). The molecule has 0 radical (unpaired) electrons. The number of carbonyl (C=O) groups excluding carboxylic acids is 2. The van der Waals surface area contributed by atoms with Crippen LogP contribution in [0.25, 0.3) is 0 Å². The third-order valence-electron chi connectivity index (χ3n) is 3.51. The van der Waals surface area contributed by atoms with E-state index in [1.165, 1.54) is 6.07 Å². The van der Waals surface area contributed by atoms with Crippen LogP contribution >= 0.6 is 11.6 Å². The van der Waals surface area contributed by atoms with E-state index in [2.05, 4.69) is 10.6 Å². The van der Waals surface area contributed by atoms with E-state index in [1.54, 1.807) is 60.9 Å². The number of furan rings is 1. The number of hydrogen-bond acceptors (Lipinski definition) is 3. The topological polar surface area (TPSA) is 71.3 Å². The van der Waals surface area contributed by atoms with Gasteiger partial charge >= 0.3 is 0 Å². The van der Waals surface area contributed by atoms with E-state index in [0.29, 0.717) is 27.6 Å². The predicted octanol–water partition coefficient (Wildman–Crippen LogP) is 4.12. The number of carbonyl (C=O) groups is 2. The summed E-state index contributed by atoms with van der Waals surface area (Å²) < 4.78 is 5.17. The molecule has 1 aromatic heterocycles. The molecule has 0 spiro atoms. The molecule has 25 heavy (non-hydrogen) atoms. The average molecular weight is 355 g/mol. The zero-order valence-electron chi connectivity index (χ0n) is 13.2. The summed E-state index contributed by atoms with van der Waals surface area (Å²) >= 11 is 6.04. The highest BCUT2D eigenvalue weighted by atomic mass is 35.5. The molecule has 2 N–H and O–H groups in total. The van der Waals surface area contributed by atoms with E-state index in [4.69, 9.17) is 16.0 Å². The number of hydrogen-bond donors (Lipinski definition) is 2. The first kappa shape index (κ1) is 16.8. The fraction of sp³-hybridized carbons (Fsp3) is 0.0526. The van der Waals surface area contributed by atoms with Crippen molar-refractivity contribution in [2.45, 2.75) is 6.54 Å². The predicted molar refractivity (Wildman–Crippen MR) is 95.7 cm³/mol. The van der Waals surface area contributed by atoms with Crippen molar-refractivity contribution in [3.05, 3.63) is 88.8 Å². The molecule has 6 heteroatoms. The molecule has 3 rings (SSSR count). The molecule has 2 aromatic carbocycles. The quantitative estimate of drug-likeness (QED) is 0.724. The van der Waals surface area contributed by atoms with Gasteiger partial charge in [0.05, 0.1) is 23.5 Å². The highest BCUT2D eigenvalue weighted by molar-refractivity contribution is 6.33. The second kappa shape index (κ2) is 7.68. The second-order valence-corrected chi connectivity index (χ2v) is 5.68. The van der Waals surface area contributed by atoms with Crippen molar-refractivity contribution in [3.63, 3.8) is 0 Å². The molecular formula is C19H15ClN2O3. The van der Waals surface area contributed by atoms with Crippen molar-refractivity contribution in [1.82, 2.24) is 5.32 Å². The Labute approximate surface area is 149 Å².